The smallest absolute Gasteiger partial charge is 0.268 e. The molecule has 1 rings (SSSR count). The van der Waals surface area contributed by atoms with Gasteiger partial charge in [0.25, 0.3) is 4.46 Å². The van der Waals surface area contributed by atoms with Gasteiger partial charge in [-0.1, -0.05) is 23.2 Å². The minimum absolute atomic E-state index is 0.387. The predicted molar refractivity (Wildman–Crippen MR) is 41.2 cm³/mol. The molecule has 0 aliphatic carbocycles. The van der Waals surface area contributed by atoms with Crippen LogP contribution in [0.2, 0.25) is 0 Å². The van der Waals surface area contributed by atoms with Gasteiger partial charge in [0.05, 0.1) is 13.4 Å². The molecule has 0 atom stereocenters. The maximum Gasteiger partial charge on any atom is 0.268 e. The molecule has 0 saturated heterocycles. The van der Waals surface area contributed by atoms with E-state index < -0.39 is 4.46 Å². The quantitative estimate of drug-likeness (QED) is 0.487. The van der Waals surface area contributed by atoms with Crippen LogP contribution in [0.25, 0.3) is 0 Å². The van der Waals surface area contributed by atoms with Crippen molar-refractivity contribution in [3.8, 4) is 0 Å². The van der Waals surface area contributed by atoms with Crippen molar-refractivity contribution in [2.24, 2.45) is 4.99 Å². The van der Waals surface area contributed by atoms with Crippen LogP contribution in [-0.4, -0.2) is 17.9 Å². The minimum atomic E-state index is -1.26. The zero-order valence-corrected chi connectivity index (χ0v) is 6.78. The second-order valence-corrected chi connectivity index (χ2v) is 2.97. The van der Waals surface area contributed by atoms with Crippen molar-refractivity contribution in [1.82, 2.24) is 5.32 Å². The standard InChI is InChI=1S/C5H6Cl2N2O/c1-10-4-2-8-3-9-5(4,6)7/h2-3H,1H3,(H,8,9). The Balaban J connectivity index is 2.80. The van der Waals surface area contributed by atoms with Gasteiger partial charge in [-0.2, -0.15) is 0 Å². The van der Waals surface area contributed by atoms with E-state index in [1.165, 1.54) is 13.4 Å². The van der Waals surface area contributed by atoms with Crippen molar-refractivity contribution in [3.63, 3.8) is 0 Å². The summed E-state index contributed by atoms with van der Waals surface area (Å²) in [5.74, 6) is 0.387. The largest absolute Gasteiger partial charge is 0.494 e. The van der Waals surface area contributed by atoms with Gasteiger partial charge in [0.1, 0.15) is 0 Å². The summed E-state index contributed by atoms with van der Waals surface area (Å²) in [5, 5.41) is 2.69. The van der Waals surface area contributed by atoms with Crippen molar-refractivity contribution in [2.75, 3.05) is 7.11 Å². The first-order valence-electron chi connectivity index (χ1n) is 2.59. The molecule has 0 radical (unpaired) electrons. The van der Waals surface area contributed by atoms with Crippen LogP contribution in [0.4, 0.5) is 0 Å². The average molecular weight is 181 g/mol. The molecular weight excluding hydrogens is 175 g/mol. The van der Waals surface area contributed by atoms with Gasteiger partial charge >= 0.3 is 0 Å². The lowest BCUT2D eigenvalue weighted by Gasteiger charge is -2.19. The Kier molecular flexibility index (Phi) is 2.06. The number of nitrogens with one attached hydrogen (secondary N) is 1. The molecule has 56 valence electrons. The molecule has 0 saturated carbocycles. The van der Waals surface area contributed by atoms with Crippen LogP contribution < -0.4 is 5.32 Å². The molecule has 0 unspecified atom stereocenters. The maximum atomic E-state index is 5.67. The summed E-state index contributed by atoms with van der Waals surface area (Å²) in [6.45, 7) is 0. The highest BCUT2D eigenvalue weighted by molar-refractivity contribution is 6.50. The van der Waals surface area contributed by atoms with Crippen LogP contribution in [0.3, 0.4) is 0 Å². The summed E-state index contributed by atoms with van der Waals surface area (Å²) in [4.78, 5) is 3.72. The van der Waals surface area contributed by atoms with Crippen LogP contribution in [0.5, 0.6) is 0 Å². The molecule has 1 aliphatic heterocycles. The lowest BCUT2D eigenvalue weighted by atomic mass is 10.5. The van der Waals surface area contributed by atoms with Crippen LogP contribution in [0.1, 0.15) is 0 Å². The number of ether oxygens (including phenoxy) is 1. The molecule has 0 spiro atoms. The van der Waals surface area contributed by atoms with Crippen LogP contribution >= 0.6 is 23.2 Å². The highest BCUT2D eigenvalue weighted by atomic mass is 35.5. The number of hydrogen-bond donors (Lipinski definition) is 1. The van der Waals surface area contributed by atoms with E-state index in [-0.39, 0.29) is 0 Å². The maximum absolute atomic E-state index is 5.67. The van der Waals surface area contributed by atoms with Crippen molar-refractivity contribution in [3.05, 3.63) is 12.0 Å². The number of aliphatic imine (C=N–C) groups is 1. The molecule has 0 aromatic carbocycles. The number of rotatable bonds is 1. The summed E-state index contributed by atoms with van der Waals surface area (Å²) in [6, 6.07) is 0. The molecule has 0 aromatic rings. The van der Waals surface area contributed by atoms with Crippen molar-refractivity contribution in [2.45, 2.75) is 4.46 Å². The number of alkyl halides is 2. The Morgan fingerprint density at radius 2 is 2.40 bits per heavy atom. The summed E-state index contributed by atoms with van der Waals surface area (Å²) >= 11 is 11.3. The molecule has 3 nitrogen and oxygen atoms in total. The summed E-state index contributed by atoms with van der Waals surface area (Å²) in [6.07, 6.45) is 2.95. The first-order valence-corrected chi connectivity index (χ1v) is 3.34. The first kappa shape index (κ1) is 7.69. The monoisotopic (exact) mass is 180 g/mol. The number of methoxy groups -OCH3 is 1. The van der Waals surface area contributed by atoms with Gasteiger partial charge < -0.3 is 10.1 Å². The van der Waals surface area contributed by atoms with E-state index in [0.29, 0.717) is 5.76 Å². The summed E-state index contributed by atoms with van der Waals surface area (Å²) < 4.78 is 3.56. The van der Waals surface area contributed by atoms with Crippen LogP contribution in [0.15, 0.2) is 17.0 Å². The SMILES string of the molecule is COC1=CNC=NC1(Cl)Cl. The van der Waals surface area contributed by atoms with Crippen LogP contribution in [-0.2, 0) is 4.74 Å². The minimum Gasteiger partial charge on any atom is -0.494 e. The molecule has 1 aliphatic rings. The van der Waals surface area contributed by atoms with Gasteiger partial charge in [-0.25, -0.2) is 4.99 Å². The molecule has 1 heterocycles. The van der Waals surface area contributed by atoms with Gasteiger partial charge in [-0.3, -0.25) is 0 Å². The van der Waals surface area contributed by atoms with Crippen molar-refractivity contribution in [1.29, 1.82) is 0 Å². The number of nitrogens with zero attached hydrogens (tertiary/aromatic N) is 1. The van der Waals surface area contributed by atoms with Gasteiger partial charge in [0, 0.05) is 6.20 Å². The van der Waals surface area contributed by atoms with Gasteiger partial charge in [0.15, 0.2) is 5.76 Å². The molecule has 5 heteroatoms. The first-order chi connectivity index (χ1) is 4.67. The fourth-order valence-electron chi connectivity index (χ4n) is 0.563. The van der Waals surface area contributed by atoms with E-state index in [1.807, 2.05) is 0 Å². The Morgan fingerprint density at radius 3 is 2.80 bits per heavy atom. The number of halogens is 2. The summed E-state index contributed by atoms with van der Waals surface area (Å²) in [5.41, 5.74) is 0. The lowest BCUT2D eigenvalue weighted by molar-refractivity contribution is 0.270. The topological polar surface area (TPSA) is 33.6 Å². The third-order valence-electron chi connectivity index (χ3n) is 1.03. The van der Waals surface area contributed by atoms with E-state index in [1.54, 1.807) is 6.20 Å². The normalized spacial score (nSPS) is 21.3. The molecule has 10 heavy (non-hydrogen) atoms. The highest BCUT2D eigenvalue weighted by Crippen LogP contribution is 2.32. The Labute approximate surface area is 68.7 Å². The van der Waals surface area contributed by atoms with E-state index in [4.69, 9.17) is 27.9 Å². The van der Waals surface area contributed by atoms with Gasteiger partial charge in [-0.15, -0.1) is 0 Å². The zero-order chi connectivity index (χ0) is 7.61. The fraction of sp³-hybridized carbons (Fsp3) is 0.400. The molecular formula is C5H6Cl2N2O. The predicted octanol–water partition coefficient (Wildman–Crippen LogP) is 1.24. The zero-order valence-electron chi connectivity index (χ0n) is 5.27. The van der Waals surface area contributed by atoms with E-state index in [0.717, 1.165) is 0 Å². The molecule has 0 aromatic heterocycles. The highest BCUT2D eigenvalue weighted by Gasteiger charge is 2.30. The van der Waals surface area contributed by atoms with Gasteiger partial charge in [0.2, 0.25) is 0 Å². The Bertz CT molecular complexity index is 188. The second-order valence-electron chi connectivity index (χ2n) is 1.68. The van der Waals surface area contributed by atoms with E-state index in [9.17, 15) is 0 Å². The molecule has 0 fully saturated rings. The average Bonchev–Trinajstić information content (AvgIpc) is 1.87. The van der Waals surface area contributed by atoms with E-state index in [2.05, 4.69) is 10.3 Å². The van der Waals surface area contributed by atoms with Crippen molar-refractivity contribution >= 4 is 29.5 Å². The van der Waals surface area contributed by atoms with E-state index >= 15 is 0 Å². The summed E-state index contributed by atoms with van der Waals surface area (Å²) in [7, 11) is 1.48. The molecule has 0 amide bonds. The Hall–Kier alpha value is -0.410. The van der Waals surface area contributed by atoms with Crippen LogP contribution in [0, 0.1) is 0 Å². The third-order valence-corrected chi connectivity index (χ3v) is 1.60. The lowest BCUT2D eigenvalue weighted by Crippen LogP contribution is -2.24. The van der Waals surface area contributed by atoms with Gasteiger partial charge in [-0.05, 0) is 0 Å². The Morgan fingerprint density at radius 1 is 1.70 bits per heavy atom. The number of hydrogen-bond acceptors (Lipinski definition) is 3. The third kappa shape index (κ3) is 1.36. The molecule has 0 bridgehead atoms. The fourth-order valence-corrected chi connectivity index (χ4v) is 0.924. The molecule has 1 N–H and O–H groups in total. The second kappa shape index (κ2) is 2.68. The van der Waals surface area contributed by atoms with Crippen molar-refractivity contribution < 1.29 is 4.74 Å².